The predicted octanol–water partition coefficient (Wildman–Crippen LogP) is 3.36. The summed E-state index contributed by atoms with van der Waals surface area (Å²) in [7, 11) is 0. The van der Waals surface area contributed by atoms with Crippen molar-refractivity contribution in [2.24, 2.45) is 11.8 Å². The number of anilines is 1. The summed E-state index contributed by atoms with van der Waals surface area (Å²) in [5.41, 5.74) is 1.93. The molecule has 23 heavy (non-hydrogen) atoms. The molecule has 4 heteroatoms. The molecule has 0 aromatic heterocycles. The van der Waals surface area contributed by atoms with Crippen LogP contribution >= 0.6 is 0 Å². The fourth-order valence-electron chi connectivity index (χ4n) is 3.64. The van der Waals surface area contributed by atoms with Gasteiger partial charge >= 0.3 is 0 Å². The maximum absolute atomic E-state index is 12.7. The Hall–Kier alpha value is -1.84. The van der Waals surface area contributed by atoms with E-state index in [9.17, 15) is 9.59 Å². The van der Waals surface area contributed by atoms with Gasteiger partial charge in [0.2, 0.25) is 11.8 Å². The molecular formula is C19H26N2O2. The highest BCUT2D eigenvalue weighted by Crippen LogP contribution is 2.42. The third kappa shape index (κ3) is 3.57. The number of nitrogens with one attached hydrogen (secondary N) is 1. The van der Waals surface area contributed by atoms with Crippen LogP contribution < -0.4 is 5.32 Å². The second kappa shape index (κ2) is 6.73. The van der Waals surface area contributed by atoms with Gasteiger partial charge in [-0.2, -0.15) is 0 Å². The van der Waals surface area contributed by atoms with Crippen molar-refractivity contribution < 1.29 is 9.59 Å². The van der Waals surface area contributed by atoms with Crippen molar-refractivity contribution in [2.75, 3.05) is 11.9 Å². The molecule has 2 amide bonds. The molecule has 1 aromatic carbocycles. The lowest BCUT2D eigenvalue weighted by Crippen LogP contribution is -2.44. The summed E-state index contributed by atoms with van der Waals surface area (Å²) >= 11 is 0. The van der Waals surface area contributed by atoms with E-state index in [4.69, 9.17) is 0 Å². The van der Waals surface area contributed by atoms with Crippen LogP contribution in [0.25, 0.3) is 0 Å². The van der Waals surface area contributed by atoms with Gasteiger partial charge in [0.15, 0.2) is 0 Å². The standard InChI is InChI=1S/C19H26N2O2/c1-3-15-9-4-5-10-21(15)19(23)17-12-16(17)18(22)20-14-8-6-7-13(2)11-14/h6-8,11,15-17H,3-5,9-10,12H2,1-2H3,(H,20,22). The Morgan fingerprint density at radius 3 is 2.83 bits per heavy atom. The number of aryl methyl sites for hydroxylation is 1. The maximum Gasteiger partial charge on any atom is 0.228 e. The molecule has 2 fully saturated rings. The number of nitrogens with zero attached hydrogens (tertiary/aromatic N) is 1. The zero-order valence-corrected chi connectivity index (χ0v) is 14.0. The van der Waals surface area contributed by atoms with Crippen molar-refractivity contribution >= 4 is 17.5 Å². The van der Waals surface area contributed by atoms with Crippen LogP contribution in [0.3, 0.4) is 0 Å². The highest BCUT2D eigenvalue weighted by molar-refractivity contribution is 5.99. The molecule has 1 N–H and O–H groups in total. The fraction of sp³-hybridized carbons (Fsp3) is 0.579. The number of benzene rings is 1. The lowest BCUT2D eigenvalue weighted by molar-refractivity contribution is -0.137. The van der Waals surface area contributed by atoms with Crippen LogP contribution in [0.4, 0.5) is 5.69 Å². The number of piperidine rings is 1. The second-order valence-electron chi connectivity index (χ2n) is 6.90. The Morgan fingerprint density at radius 2 is 2.09 bits per heavy atom. The van der Waals surface area contributed by atoms with Crippen molar-refractivity contribution in [2.45, 2.75) is 52.0 Å². The van der Waals surface area contributed by atoms with E-state index < -0.39 is 0 Å². The molecule has 1 saturated heterocycles. The summed E-state index contributed by atoms with van der Waals surface area (Å²) in [6, 6.07) is 8.15. The summed E-state index contributed by atoms with van der Waals surface area (Å²) in [6.45, 7) is 5.01. The van der Waals surface area contributed by atoms with E-state index in [1.165, 1.54) is 6.42 Å². The molecule has 1 aliphatic carbocycles. The molecule has 0 radical (unpaired) electrons. The van der Waals surface area contributed by atoms with Crippen LogP contribution in [-0.4, -0.2) is 29.3 Å². The Bertz CT molecular complexity index is 599. The molecule has 0 bridgehead atoms. The Kier molecular flexibility index (Phi) is 4.69. The molecule has 2 aliphatic rings. The average Bonchev–Trinajstić information content (AvgIpc) is 3.35. The minimum absolute atomic E-state index is 0.0148. The molecule has 0 spiro atoms. The van der Waals surface area contributed by atoms with Gasteiger partial charge in [0.25, 0.3) is 0 Å². The summed E-state index contributed by atoms with van der Waals surface area (Å²) < 4.78 is 0. The molecule has 124 valence electrons. The Morgan fingerprint density at radius 1 is 1.26 bits per heavy atom. The first kappa shape index (κ1) is 16.0. The van der Waals surface area contributed by atoms with Crippen LogP contribution in [0, 0.1) is 18.8 Å². The van der Waals surface area contributed by atoms with Gasteiger partial charge in [-0.25, -0.2) is 0 Å². The highest BCUT2D eigenvalue weighted by Gasteiger charge is 2.50. The van der Waals surface area contributed by atoms with Gasteiger partial charge < -0.3 is 10.2 Å². The zero-order valence-electron chi connectivity index (χ0n) is 14.0. The Balaban J connectivity index is 1.57. The number of hydrogen-bond donors (Lipinski definition) is 1. The van der Waals surface area contributed by atoms with Crippen LogP contribution in [0.1, 0.15) is 44.6 Å². The van der Waals surface area contributed by atoms with Crippen LogP contribution in [0.5, 0.6) is 0 Å². The van der Waals surface area contributed by atoms with E-state index in [-0.39, 0.29) is 23.7 Å². The molecular weight excluding hydrogens is 288 g/mol. The van der Waals surface area contributed by atoms with Crippen molar-refractivity contribution in [3.8, 4) is 0 Å². The monoisotopic (exact) mass is 314 g/mol. The first-order valence-corrected chi connectivity index (χ1v) is 8.78. The van der Waals surface area contributed by atoms with Gasteiger partial charge in [0.05, 0.1) is 11.8 Å². The van der Waals surface area contributed by atoms with Gasteiger partial charge in [0.1, 0.15) is 0 Å². The fourth-order valence-corrected chi connectivity index (χ4v) is 3.64. The van der Waals surface area contributed by atoms with Gasteiger partial charge in [-0.05, 0) is 56.7 Å². The number of likely N-dealkylation sites (tertiary alicyclic amines) is 1. The summed E-state index contributed by atoms with van der Waals surface area (Å²) in [5.74, 6) is -0.0747. The van der Waals surface area contributed by atoms with Crippen molar-refractivity contribution in [3.05, 3.63) is 29.8 Å². The number of carbonyl (C=O) groups excluding carboxylic acids is 2. The quantitative estimate of drug-likeness (QED) is 0.926. The topological polar surface area (TPSA) is 49.4 Å². The third-order valence-corrected chi connectivity index (χ3v) is 5.11. The number of hydrogen-bond acceptors (Lipinski definition) is 2. The summed E-state index contributed by atoms with van der Waals surface area (Å²) in [6.07, 6.45) is 5.12. The second-order valence-corrected chi connectivity index (χ2v) is 6.90. The van der Waals surface area contributed by atoms with Gasteiger partial charge in [-0.15, -0.1) is 0 Å². The molecule has 1 aliphatic heterocycles. The van der Waals surface area contributed by atoms with Gasteiger partial charge in [-0.3, -0.25) is 9.59 Å². The van der Waals surface area contributed by atoms with Crippen molar-refractivity contribution in [1.82, 2.24) is 4.90 Å². The minimum atomic E-state index is -0.151. The lowest BCUT2D eigenvalue weighted by Gasteiger charge is -2.35. The largest absolute Gasteiger partial charge is 0.339 e. The molecule has 1 heterocycles. The maximum atomic E-state index is 12.7. The van der Waals surface area contributed by atoms with E-state index in [1.54, 1.807) is 0 Å². The predicted molar refractivity (Wildman–Crippen MR) is 91.0 cm³/mol. The summed E-state index contributed by atoms with van der Waals surface area (Å²) in [4.78, 5) is 27.1. The first-order chi connectivity index (χ1) is 11.1. The van der Waals surface area contributed by atoms with E-state index in [1.807, 2.05) is 36.1 Å². The number of rotatable bonds is 4. The van der Waals surface area contributed by atoms with Crippen molar-refractivity contribution in [1.29, 1.82) is 0 Å². The van der Waals surface area contributed by atoms with Crippen LogP contribution in [0.2, 0.25) is 0 Å². The molecule has 3 atom stereocenters. The zero-order chi connectivity index (χ0) is 16.4. The first-order valence-electron chi connectivity index (χ1n) is 8.78. The smallest absolute Gasteiger partial charge is 0.228 e. The van der Waals surface area contributed by atoms with Gasteiger partial charge in [0, 0.05) is 18.3 Å². The molecule has 1 aromatic rings. The Labute approximate surface area is 138 Å². The molecule has 1 saturated carbocycles. The van der Waals surface area contributed by atoms with E-state index in [0.29, 0.717) is 12.5 Å². The summed E-state index contributed by atoms with van der Waals surface area (Å²) in [5, 5.41) is 2.95. The molecule has 3 unspecified atom stereocenters. The number of carbonyl (C=O) groups is 2. The molecule has 4 nitrogen and oxygen atoms in total. The van der Waals surface area contributed by atoms with Gasteiger partial charge in [-0.1, -0.05) is 19.1 Å². The van der Waals surface area contributed by atoms with Crippen molar-refractivity contribution in [3.63, 3.8) is 0 Å². The van der Waals surface area contributed by atoms with Crippen LogP contribution in [0.15, 0.2) is 24.3 Å². The minimum Gasteiger partial charge on any atom is -0.339 e. The third-order valence-electron chi connectivity index (χ3n) is 5.11. The molecule has 3 rings (SSSR count). The number of amides is 2. The normalized spacial score (nSPS) is 26.7. The lowest BCUT2D eigenvalue weighted by atomic mass is 9.99. The van der Waals surface area contributed by atoms with Crippen LogP contribution in [-0.2, 0) is 9.59 Å². The van der Waals surface area contributed by atoms with E-state index >= 15 is 0 Å². The highest BCUT2D eigenvalue weighted by atomic mass is 16.2. The van der Waals surface area contributed by atoms with E-state index in [0.717, 1.165) is 37.1 Å². The average molecular weight is 314 g/mol. The van der Waals surface area contributed by atoms with E-state index in [2.05, 4.69) is 12.2 Å². The SMILES string of the molecule is CCC1CCCCN1C(=O)C1CC1C(=O)Nc1cccc(C)c1.